The number of ether oxygens (including phenoxy) is 1. The average Bonchev–Trinajstić information content (AvgIpc) is 2.15. The molecule has 1 aliphatic heterocycles. The maximum absolute atomic E-state index is 11.7. The van der Waals surface area contributed by atoms with Crippen LogP contribution < -0.4 is 0 Å². The van der Waals surface area contributed by atoms with E-state index in [-0.39, 0.29) is 17.1 Å². The van der Waals surface area contributed by atoms with Crippen LogP contribution in [0.1, 0.15) is 33.6 Å². The number of hydrogen-bond donors (Lipinski definition) is 1. The zero-order valence-corrected chi connectivity index (χ0v) is 10.9. The van der Waals surface area contributed by atoms with Gasteiger partial charge in [0.05, 0.1) is 0 Å². The van der Waals surface area contributed by atoms with Crippen molar-refractivity contribution in [1.29, 1.82) is 0 Å². The van der Waals surface area contributed by atoms with E-state index in [2.05, 4.69) is 12.6 Å². The summed E-state index contributed by atoms with van der Waals surface area (Å²) in [4.78, 5) is 24.4. The molecule has 0 aromatic carbocycles. The van der Waals surface area contributed by atoms with Crippen molar-refractivity contribution >= 4 is 23.8 Å². The van der Waals surface area contributed by atoms with Crippen LogP contribution in [0.5, 0.6) is 0 Å². The van der Waals surface area contributed by atoms with Crippen LogP contribution >= 0.6 is 12.6 Å². The normalized spacial score (nSPS) is 18.4. The molecule has 5 heteroatoms. The summed E-state index contributed by atoms with van der Waals surface area (Å²) in [6.45, 7) is 6.68. The van der Waals surface area contributed by atoms with Crippen molar-refractivity contribution in [2.45, 2.75) is 39.2 Å². The van der Waals surface area contributed by atoms with E-state index >= 15 is 0 Å². The summed E-state index contributed by atoms with van der Waals surface area (Å²) < 4.78 is 5.26. The molecule has 0 aliphatic carbocycles. The summed E-state index contributed by atoms with van der Waals surface area (Å²) in [5.74, 6) is -0.0120. The fraction of sp³-hybridized carbons (Fsp3) is 0.818. The minimum absolute atomic E-state index is 0.0120. The van der Waals surface area contributed by atoms with Gasteiger partial charge in [0.15, 0.2) is 5.12 Å². The van der Waals surface area contributed by atoms with Gasteiger partial charge in [-0.25, -0.2) is 4.79 Å². The molecule has 0 aromatic rings. The van der Waals surface area contributed by atoms with Crippen LogP contribution in [0.25, 0.3) is 0 Å². The number of carbonyl (C=O) groups is 2. The van der Waals surface area contributed by atoms with Crippen molar-refractivity contribution in [1.82, 2.24) is 4.90 Å². The molecule has 0 atom stereocenters. The molecule has 4 nitrogen and oxygen atoms in total. The van der Waals surface area contributed by atoms with Gasteiger partial charge in [-0.1, -0.05) is 0 Å². The summed E-state index contributed by atoms with van der Waals surface area (Å²) in [6.07, 6.45) is 1.07. The number of hydrogen-bond acceptors (Lipinski definition) is 3. The lowest BCUT2D eigenvalue weighted by Crippen LogP contribution is -2.42. The maximum Gasteiger partial charge on any atom is 0.410 e. The Morgan fingerprint density at radius 2 is 1.75 bits per heavy atom. The third-order valence-electron chi connectivity index (χ3n) is 2.50. The van der Waals surface area contributed by atoms with Gasteiger partial charge in [-0.3, -0.25) is 4.79 Å². The standard InChI is InChI=1S/C11H19NO3S/c1-11(2,3)15-10(14)12-6-4-8(5-7-12)9(13)16/h8H,4-7H2,1-3H3,(H,13,16). The van der Waals surface area contributed by atoms with E-state index in [0.29, 0.717) is 25.9 Å². The van der Waals surface area contributed by atoms with Gasteiger partial charge < -0.3 is 9.64 Å². The molecule has 1 rings (SSSR count). The molecule has 0 bridgehead atoms. The van der Waals surface area contributed by atoms with Gasteiger partial charge in [-0.05, 0) is 33.6 Å². The third kappa shape index (κ3) is 4.04. The lowest BCUT2D eigenvalue weighted by molar-refractivity contribution is -0.115. The summed E-state index contributed by atoms with van der Waals surface area (Å²) in [5.41, 5.74) is -0.465. The van der Waals surface area contributed by atoms with Crippen LogP contribution in [0.15, 0.2) is 0 Å². The number of likely N-dealkylation sites (tertiary alicyclic amines) is 1. The molecule has 1 amide bonds. The summed E-state index contributed by atoms with van der Waals surface area (Å²) in [7, 11) is 0. The average molecular weight is 245 g/mol. The predicted octanol–water partition coefficient (Wildman–Crippen LogP) is 2.09. The Labute approximate surface area is 102 Å². The van der Waals surface area contributed by atoms with E-state index in [1.54, 1.807) is 4.90 Å². The van der Waals surface area contributed by atoms with E-state index in [1.165, 1.54) is 0 Å². The number of nitrogens with zero attached hydrogens (tertiary/aromatic N) is 1. The van der Waals surface area contributed by atoms with Crippen molar-refractivity contribution in [3.05, 3.63) is 0 Å². The van der Waals surface area contributed by atoms with Gasteiger partial charge in [0.1, 0.15) is 5.60 Å². The molecule has 1 aliphatic rings. The molecule has 1 fully saturated rings. The smallest absolute Gasteiger partial charge is 0.410 e. The Morgan fingerprint density at radius 1 is 1.25 bits per heavy atom. The molecule has 0 unspecified atom stereocenters. The van der Waals surface area contributed by atoms with Crippen LogP contribution in [0.3, 0.4) is 0 Å². The molecular weight excluding hydrogens is 226 g/mol. The molecule has 1 saturated heterocycles. The number of rotatable bonds is 1. The number of amides is 1. The molecule has 0 saturated carbocycles. The monoisotopic (exact) mass is 245 g/mol. The minimum atomic E-state index is -0.465. The van der Waals surface area contributed by atoms with Gasteiger partial charge in [0.2, 0.25) is 0 Å². The molecule has 0 aromatic heterocycles. The zero-order valence-electron chi connectivity index (χ0n) is 10.0. The first kappa shape index (κ1) is 13.4. The molecule has 0 spiro atoms. The first-order chi connectivity index (χ1) is 7.29. The number of carbonyl (C=O) groups excluding carboxylic acids is 2. The van der Waals surface area contributed by atoms with Gasteiger partial charge in [-0.2, -0.15) is 0 Å². The second-order valence-corrected chi connectivity index (χ2v) is 5.52. The predicted molar refractivity (Wildman–Crippen MR) is 64.5 cm³/mol. The fourth-order valence-electron chi connectivity index (χ4n) is 1.64. The van der Waals surface area contributed by atoms with Crippen LogP contribution in [-0.4, -0.2) is 34.8 Å². The van der Waals surface area contributed by atoms with E-state index in [1.807, 2.05) is 20.8 Å². The Kier molecular flexibility index (Phi) is 4.24. The van der Waals surface area contributed by atoms with Crippen molar-refractivity contribution in [3.63, 3.8) is 0 Å². The molecule has 92 valence electrons. The Hall–Kier alpha value is -0.710. The number of thiol groups is 1. The van der Waals surface area contributed by atoms with Gasteiger partial charge in [-0.15, -0.1) is 12.6 Å². The highest BCUT2D eigenvalue weighted by Gasteiger charge is 2.28. The molecule has 1 heterocycles. The first-order valence-electron chi connectivity index (χ1n) is 5.50. The Morgan fingerprint density at radius 3 is 2.12 bits per heavy atom. The highest BCUT2D eigenvalue weighted by atomic mass is 32.1. The number of piperidine rings is 1. The van der Waals surface area contributed by atoms with E-state index in [0.717, 1.165) is 0 Å². The van der Waals surface area contributed by atoms with Crippen molar-refractivity contribution < 1.29 is 14.3 Å². The highest BCUT2D eigenvalue weighted by molar-refractivity contribution is 7.96. The lowest BCUT2D eigenvalue weighted by Gasteiger charge is -2.32. The quantitative estimate of drug-likeness (QED) is 0.720. The second-order valence-electron chi connectivity index (χ2n) is 5.08. The van der Waals surface area contributed by atoms with E-state index in [4.69, 9.17) is 4.74 Å². The summed E-state index contributed by atoms with van der Waals surface area (Å²) in [5, 5.41) is -0.0798. The fourth-order valence-corrected chi connectivity index (χ4v) is 1.89. The van der Waals surface area contributed by atoms with Gasteiger partial charge in [0.25, 0.3) is 0 Å². The minimum Gasteiger partial charge on any atom is -0.444 e. The summed E-state index contributed by atoms with van der Waals surface area (Å²) >= 11 is 3.82. The van der Waals surface area contributed by atoms with E-state index in [9.17, 15) is 9.59 Å². The molecule has 0 radical (unpaired) electrons. The first-order valence-corrected chi connectivity index (χ1v) is 5.95. The van der Waals surface area contributed by atoms with Gasteiger partial charge >= 0.3 is 6.09 Å². The van der Waals surface area contributed by atoms with Crippen LogP contribution in [0.2, 0.25) is 0 Å². The van der Waals surface area contributed by atoms with Crippen molar-refractivity contribution in [2.75, 3.05) is 13.1 Å². The molecule has 16 heavy (non-hydrogen) atoms. The maximum atomic E-state index is 11.7. The largest absolute Gasteiger partial charge is 0.444 e. The highest BCUT2D eigenvalue weighted by Crippen LogP contribution is 2.21. The third-order valence-corrected chi connectivity index (χ3v) is 2.86. The SMILES string of the molecule is CC(C)(C)OC(=O)N1CCC(C(=O)S)CC1. The lowest BCUT2D eigenvalue weighted by atomic mass is 9.99. The zero-order chi connectivity index (χ0) is 12.3. The topological polar surface area (TPSA) is 46.6 Å². The second kappa shape index (κ2) is 5.08. The molecule has 0 N–H and O–H groups in total. The Balaban J connectivity index is 2.42. The molecular formula is C11H19NO3S. The van der Waals surface area contributed by atoms with Crippen molar-refractivity contribution in [3.8, 4) is 0 Å². The summed E-state index contributed by atoms with van der Waals surface area (Å²) in [6, 6.07) is 0. The van der Waals surface area contributed by atoms with E-state index < -0.39 is 5.60 Å². The van der Waals surface area contributed by atoms with Crippen LogP contribution in [0.4, 0.5) is 4.79 Å². The van der Waals surface area contributed by atoms with Crippen LogP contribution in [0, 0.1) is 5.92 Å². The van der Waals surface area contributed by atoms with Gasteiger partial charge in [0, 0.05) is 19.0 Å². The van der Waals surface area contributed by atoms with Crippen molar-refractivity contribution in [2.24, 2.45) is 5.92 Å². The van der Waals surface area contributed by atoms with Crippen LogP contribution in [-0.2, 0) is 9.53 Å². The Bertz CT molecular complexity index is 277.